The molecule has 1 fully saturated rings. The van der Waals surface area contributed by atoms with Crippen LogP contribution in [0.2, 0.25) is 0 Å². The number of piperidine rings is 1. The fraction of sp³-hybridized carbons (Fsp3) is 0.370. The van der Waals surface area contributed by atoms with E-state index in [4.69, 9.17) is 10.00 Å². The molecule has 0 spiro atoms. The highest BCUT2D eigenvalue weighted by Gasteiger charge is 2.27. The number of aromatic nitrogens is 4. The lowest BCUT2D eigenvalue weighted by atomic mass is 9.97. The molecule has 0 bridgehead atoms. The van der Waals surface area contributed by atoms with E-state index in [0.717, 1.165) is 12.8 Å². The van der Waals surface area contributed by atoms with Crippen molar-refractivity contribution in [3.63, 3.8) is 0 Å². The van der Waals surface area contributed by atoms with Gasteiger partial charge in [0.1, 0.15) is 17.5 Å². The molecule has 12 nitrogen and oxygen atoms in total. The van der Waals surface area contributed by atoms with Gasteiger partial charge in [-0.2, -0.15) is 5.26 Å². The van der Waals surface area contributed by atoms with Crippen molar-refractivity contribution >= 4 is 35.0 Å². The normalized spacial score (nSPS) is 13.7. The summed E-state index contributed by atoms with van der Waals surface area (Å²) in [5.41, 5.74) is 0.938. The summed E-state index contributed by atoms with van der Waals surface area (Å²) in [4.78, 5) is 35.3. The summed E-state index contributed by atoms with van der Waals surface area (Å²) in [5, 5.41) is 26.5. The fourth-order valence-corrected chi connectivity index (χ4v) is 3.95. The van der Waals surface area contributed by atoms with Crippen molar-refractivity contribution in [2.24, 2.45) is 5.92 Å². The van der Waals surface area contributed by atoms with Crippen LogP contribution in [0.15, 0.2) is 48.8 Å². The Balaban J connectivity index is 1.45. The van der Waals surface area contributed by atoms with Crippen LogP contribution in [0.3, 0.4) is 0 Å². The summed E-state index contributed by atoms with van der Waals surface area (Å²) in [6, 6.07) is 12.7. The van der Waals surface area contributed by atoms with Crippen LogP contribution in [0.4, 0.5) is 27.8 Å². The number of nitriles is 1. The Kier molecular flexibility index (Phi) is 8.50. The second kappa shape index (κ2) is 12.2. The lowest BCUT2D eigenvalue weighted by molar-refractivity contribution is 0.0188. The molecule has 3 heterocycles. The molecule has 0 atom stereocenters. The number of nitrogens with one attached hydrogen (secondary N) is 3. The number of nitrogens with zero attached hydrogens (tertiary/aromatic N) is 6. The first-order valence-electron chi connectivity index (χ1n) is 12.7. The third-order valence-electron chi connectivity index (χ3n) is 5.91. The first kappa shape index (κ1) is 27.3. The molecule has 202 valence electrons. The number of rotatable bonds is 7. The van der Waals surface area contributed by atoms with Gasteiger partial charge in [-0.1, -0.05) is 18.2 Å². The second-order valence-electron chi connectivity index (χ2n) is 10.1. The Labute approximate surface area is 226 Å². The number of anilines is 4. The number of carbonyl (C=O) groups excluding carboxylic acids is 2. The topological polar surface area (TPSA) is 158 Å². The van der Waals surface area contributed by atoms with Crippen LogP contribution in [0, 0.1) is 17.2 Å². The number of carbonyl (C=O) groups is 2. The molecule has 39 heavy (non-hydrogen) atoms. The second-order valence-corrected chi connectivity index (χ2v) is 10.1. The third-order valence-corrected chi connectivity index (χ3v) is 5.91. The molecular formula is C27H31N9O3. The molecule has 1 aromatic carbocycles. The van der Waals surface area contributed by atoms with Gasteiger partial charge in [-0.05, 0) is 51.7 Å². The number of hydrogen-bond donors (Lipinski definition) is 3. The van der Waals surface area contributed by atoms with Gasteiger partial charge in [-0.25, -0.2) is 14.8 Å². The zero-order valence-corrected chi connectivity index (χ0v) is 22.1. The minimum atomic E-state index is -0.532. The maximum Gasteiger partial charge on any atom is 0.410 e. The van der Waals surface area contributed by atoms with E-state index in [1.165, 1.54) is 12.4 Å². The zero-order valence-electron chi connectivity index (χ0n) is 22.1. The molecule has 1 aliphatic rings. The Hall–Kier alpha value is -4.79. The Morgan fingerprint density at radius 3 is 2.46 bits per heavy atom. The maximum atomic E-state index is 13.1. The molecular weight excluding hydrogens is 498 g/mol. The summed E-state index contributed by atoms with van der Waals surface area (Å²) < 4.78 is 5.49. The maximum absolute atomic E-state index is 13.1. The van der Waals surface area contributed by atoms with Crippen LogP contribution < -0.4 is 16.0 Å². The van der Waals surface area contributed by atoms with Gasteiger partial charge in [-0.3, -0.25) is 4.79 Å². The van der Waals surface area contributed by atoms with Gasteiger partial charge in [0.05, 0.1) is 18.1 Å². The Bertz CT molecular complexity index is 1330. The Morgan fingerprint density at radius 2 is 1.82 bits per heavy atom. The van der Waals surface area contributed by atoms with E-state index in [1.54, 1.807) is 23.1 Å². The van der Waals surface area contributed by atoms with Crippen molar-refractivity contribution < 1.29 is 14.3 Å². The highest BCUT2D eigenvalue weighted by atomic mass is 16.6. The Morgan fingerprint density at radius 1 is 1.08 bits per heavy atom. The molecule has 3 N–H and O–H groups in total. The van der Waals surface area contributed by atoms with Crippen molar-refractivity contribution in [1.82, 2.24) is 25.1 Å². The van der Waals surface area contributed by atoms with E-state index in [1.807, 2.05) is 45.0 Å². The van der Waals surface area contributed by atoms with Crippen LogP contribution >= 0.6 is 0 Å². The quantitative estimate of drug-likeness (QED) is 0.405. The zero-order chi connectivity index (χ0) is 27.8. The van der Waals surface area contributed by atoms with Crippen molar-refractivity contribution in [3.8, 4) is 6.07 Å². The summed E-state index contributed by atoms with van der Waals surface area (Å²) in [6.45, 7) is 7.34. The molecule has 0 saturated carbocycles. The van der Waals surface area contributed by atoms with Gasteiger partial charge in [0.25, 0.3) is 5.91 Å². The molecule has 4 rings (SSSR count). The molecule has 0 unspecified atom stereocenters. The van der Waals surface area contributed by atoms with E-state index in [2.05, 4.69) is 36.1 Å². The van der Waals surface area contributed by atoms with Gasteiger partial charge < -0.3 is 25.6 Å². The third kappa shape index (κ3) is 7.85. The fourth-order valence-electron chi connectivity index (χ4n) is 3.95. The van der Waals surface area contributed by atoms with Crippen molar-refractivity contribution in [2.45, 2.75) is 39.2 Å². The molecule has 2 aromatic heterocycles. The minimum Gasteiger partial charge on any atom is -0.444 e. The van der Waals surface area contributed by atoms with Gasteiger partial charge in [0.2, 0.25) is 0 Å². The highest BCUT2D eigenvalue weighted by Crippen LogP contribution is 2.24. The number of benzene rings is 1. The van der Waals surface area contributed by atoms with Crippen LogP contribution in [-0.2, 0) is 4.74 Å². The first-order chi connectivity index (χ1) is 18.7. The van der Waals surface area contributed by atoms with E-state index in [-0.39, 0.29) is 23.4 Å². The first-order valence-corrected chi connectivity index (χ1v) is 12.7. The smallest absolute Gasteiger partial charge is 0.410 e. The molecule has 3 aromatic rings. The molecule has 0 radical (unpaired) electrons. The lowest BCUT2D eigenvalue weighted by Crippen LogP contribution is -2.42. The molecule has 0 aliphatic carbocycles. The minimum absolute atomic E-state index is 0.140. The molecule has 1 saturated heterocycles. The van der Waals surface area contributed by atoms with Crippen LogP contribution in [0.25, 0.3) is 0 Å². The van der Waals surface area contributed by atoms with Gasteiger partial charge in [-0.15, -0.1) is 10.2 Å². The lowest BCUT2D eigenvalue weighted by Gasteiger charge is -2.33. The highest BCUT2D eigenvalue weighted by molar-refractivity contribution is 6.06. The SMILES string of the molecule is CC(C)(C)OC(=O)N1CCC(CNc2cc(Nc3cnc(C#N)cn3)nnc2C(=O)Nc2ccccc2)CC1. The predicted octanol–water partition coefficient (Wildman–Crippen LogP) is 4.19. The molecule has 12 heteroatoms. The van der Waals surface area contributed by atoms with E-state index in [0.29, 0.717) is 42.6 Å². The number of hydrogen-bond acceptors (Lipinski definition) is 10. The summed E-state index contributed by atoms with van der Waals surface area (Å²) in [6.07, 6.45) is 4.06. The molecule has 1 aliphatic heterocycles. The number of ether oxygens (including phenoxy) is 1. The van der Waals surface area contributed by atoms with Crippen molar-refractivity contribution in [2.75, 3.05) is 35.6 Å². The van der Waals surface area contributed by atoms with Crippen molar-refractivity contribution in [1.29, 1.82) is 5.26 Å². The van der Waals surface area contributed by atoms with E-state index >= 15 is 0 Å². The number of amides is 2. The van der Waals surface area contributed by atoms with Crippen molar-refractivity contribution in [3.05, 3.63) is 60.2 Å². The average molecular weight is 530 g/mol. The van der Waals surface area contributed by atoms with E-state index < -0.39 is 11.5 Å². The van der Waals surface area contributed by atoms with E-state index in [9.17, 15) is 9.59 Å². The average Bonchev–Trinajstić information content (AvgIpc) is 2.92. The number of likely N-dealkylation sites (tertiary alicyclic amines) is 1. The van der Waals surface area contributed by atoms with Crippen LogP contribution in [-0.4, -0.2) is 62.3 Å². The predicted molar refractivity (Wildman–Crippen MR) is 145 cm³/mol. The van der Waals surface area contributed by atoms with Gasteiger partial charge >= 0.3 is 6.09 Å². The molecule has 2 amide bonds. The largest absolute Gasteiger partial charge is 0.444 e. The number of para-hydroxylation sites is 1. The standard InChI is InChI=1S/C27H31N9O3/c1-27(2,3)39-26(38)36-11-9-18(10-12-36)15-30-21-13-22(33-23-17-29-20(14-28)16-31-23)34-35-24(21)25(37)32-19-7-5-4-6-8-19/h4-8,13,16-18H,9-12,15H2,1-3H3,(H,32,37)(H2,30,31,33,34). The monoisotopic (exact) mass is 529 g/mol. The van der Waals surface area contributed by atoms with Crippen LogP contribution in [0.1, 0.15) is 49.8 Å². The summed E-state index contributed by atoms with van der Waals surface area (Å²) >= 11 is 0. The summed E-state index contributed by atoms with van der Waals surface area (Å²) in [7, 11) is 0. The van der Waals surface area contributed by atoms with Gasteiger partial charge in [0.15, 0.2) is 17.2 Å². The van der Waals surface area contributed by atoms with Gasteiger partial charge in [0, 0.05) is 31.4 Å². The van der Waals surface area contributed by atoms with Crippen LogP contribution in [0.5, 0.6) is 0 Å². The summed E-state index contributed by atoms with van der Waals surface area (Å²) in [5.74, 6) is 0.612.